The van der Waals surface area contributed by atoms with Gasteiger partial charge >= 0.3 is 5.97 Å². The van der Waals surface area contributed by atoms with Crippen molar-refractivity contribution in [2.24, 2.45) is 5.92 Å². The maximum atomic E-state index is 12.0. The number of hydrogen-bond acceptors (Lipinski definition) is 3. The van der Waals surface area contributed by atoms with E-state index >= 15 is 0 Å². The van der Waals surface area contributed by atoms with Gasteiger partial charge < -0.3 is 15.2 Å². The van der Waals surface area contributed by atoms with Crippen LogP contribution in [0.25, 0.3) is 0 Å². The number of carbonyl (C=O) groups is 2. The van der Waals surface area contributed by atoms with Crippen molar-refractivity contribution in [2.45, 2.75) is 18.9 Å². The minimum Gasteiger partial charge on any atom is -0.496 e. The summed E-state index contributed by atoms with van der Waals surface area (Å²) >= 11 is 3.32. The molecule has 1 fully saturated rings. The van der Waals surface area contributed by atoms with Gasteiger partial charge in [0, 0.05) is 11.6 Å². The number of rotatable bonds is 4. The van der Waals surface area contributed by atoms with Crippen LogP contribution < -0.4 is 10.1 Å². The number of ether oxygens (including phenoxy) is 1. The number of amides is 1. The van der Waals surface area contributed by atoms with Crippen LogP contribution >= 0.6 is 15.9 Å². The van der Waals surface area contributed by atoms with Crippen LogP contribution in [0.1, 0.15) is 23.2 Å². The minimum absolute atomic E-state index is 0.0468. The Labute approximate surface area is 119 Å². The molecular formula is C13H14BrNO4. The molecule has 1 amide bonds. The van der Waals surface area contributed by atoms with Gasteiger partial charge in [-0.1, -0.05) is 0 Å². The monoisotopic (exact) mass is 327 g/mol. The Balaban J connectivity index is 1.94. The van der Waals surface area contributed by atoms with Crippen LogP contribution in [0.4, 0.5) is 0 Å². The molecule has 5 nitrogen and oxygen atoms in total. The SMILES string of the molecule is COc1ccc(C(=O)NC2CC(C(=O)O)C2)cc1Br. The summed E-state index contributed by atoms with van der Waals surface area (Å²) in [7, 11) is 1.56. The quantitative estimate of drug-likeness (QED) is 0.887. The molecule has 1 aromatic rings. The van der Waals surface area contributed by atoms with Crippen molar-refractivity contribution in [3.8, 4) is 5.75 Å². The van der Waals surface area contributed by atoms with Gasteiger partial charge in [-0.15, -0.1) is 0 Å². The van der Waals surface area contributed by atoms with Crippen LogP contribution in [0.5, 0.6) is 5.75 Å². The van der Waals surface area contributed by atoms with Crippen molar-refractivity contribution >= 4 is 27.8 Å². The molecule has 1 saturated carbocycles. The number of halogens is 1. The first-order valence-corrected chi connectivity index (χ1v) is 6.67. The van der Waals surface area contributed by atoms with Gasteiger partial charge in [-0.2, -0.15) is 0 Å². The van der Waals surface area contributed by atoms with Gasteiger partial charge in [0.15, 0.2) is 0 Å². The van der Waals surface area contributed by atoms with Crippen LogP contribution in [-0.4, -0.2) is 30.1 Å². The molecule has 1 aromatic carbocycles. The summed E-state index contributed by atoms with van der Waals surface area (Å²) in [6, 6.07) is 5.02. The molecule has 2 rings (SSSR count). The summed E-state index contributed by atoms with van der Waals surface area (Å²) in [6.45, 7) is 0. The first kappa shape index (κ1) is 13.9. The van der Waals surface area contributed by atoms with Gasteiger partial charge in [-0.25, -0.2) is 0 Å². The highest BCUT2D eigenvalue weighted by Gasteiger charge is 2.35. The maximum Gasteiger partial charge on any atom is 0.306 e. The molecule has 1 aliphatic carbocycles. The zero-order valence-corrected chi connectivity index (χ0v) is 11.9. The van der Waals surface area contributed by atoms with Crippen molar-refractivity contribution in [3.63, 3.8) is 0 Å². The fourth-order valence-electron chi connectivity index (χ4n) is 2.01. The summed E-state index contributed by atoms with van der Waals surface area (Å²) in [5.41, 5.74) is 0.520. The summed E-state index contributed by atoms with van der Waals surface area (Å²) in [4.78, 5) is 22.6. The highest BCUT2D eigenvalue weighted by Crippen LogP contribution is 2.29. The normalized spacial score (nSPS) is 21.4. The van der Waals surface area contributed by atoms with E-state index in [1.807, 2.05) is 0 Å². The minimum atomic E-state index is -0.794. The Hall–Kier alpha value is -1.56. The predicted molar refractivity (Wildman–Crippen MR) is 72.3 cm³/mol. The van der Waals surface area contributed by atoms with Crippen LogP contribution in [0, 0.1) is 5.92 Å². The zero-order chi connectivity index (χ0) is 14.0. The third-order valence-corrected chi connectivity index (χ3v) is 3.86. The van der Waals surface area contributed by atoms with Crippen molar-refractivity contribution in [1.82, 2.24) is 5.32 Å². The number of carbonyl (C=O) groups excluding carboxylic acids is 1. The number of carboxylic acid groups (broad SMARTS) is 1. The van der Waals surface area contributed by atoms with E-state index in [2.05, 4.69) is 21.2 Å². The Morgan fingerprint density at radius 1 is 1.42 bits per heavy atom. The second-order valence-electron chi connectivity index (χ2n) is 4.53. The lowest BCUT2D eigenvalue weighted by Gasteiger charge is -2.32. The molecule has 0 saturated heterocycles. The first-order valence-electron chi connectivity index (χ1n) is 5.88. The van der Waals surface area contributed by atoms with E-state index in [1.54, 1.807) is 25.3 Å². The van der Waals surface area contributed by atoms with Gasteiger partial charge in [-0.3, -0.25) is 9.59 Å². The van der Waals surface area contributed by atoms with E-state index in [0.717, 1.165) is 0 Å². The van der Waals surface area contributed by atoms with Gasteiger partial charge in [0.05, 0.1) is 17.5 Å². The number of carboxylic acids is 1. The molecule has 6 heteroatoms. The van der Waals surface area contributed by atoms with E-state index in [4.69, 9.17) is 9.84 Å². The number of benzene rings is 1. The zero-order valence-electron chi connectivity index (χ0n) is 10.4. The molecule has 2 N–H and O–H groups in total. The molecule has 19 heavy (non-hydrogen) atoms. The molecule has 0 radical (unpaired) electrons. The van der Waals surface area contributed by atoms with Gasteiger partial charge in [0.2, 0.25) is 0 Å². The predicted octanol–water partition coefficient (Wildman–Crippen LogP) is 2.05. The summed E-state index contributed by atoms with van der Waals surface area (Å²) < 4.78 is 5.80. The highest BCUT2D eigenvalue weighted by atomic mass is 79.9. The smallest absolute Gasteiger partial charge is 0.306 e. The van der Waals surface area contributed by atoms with E-state index in [1.165, 1.54) is 0 Å². The molecule has 0 heterocycles. The van der Waals surface area contributed by atoms with Gasteiger partial charge in [0.25, 0.3) is 5.91 Å². The molecule has 102 valence electrons. The number of hydrogen-bond donors (Lipinski definition) is 2. The maximum absolute atomic E-state index is 12.0. The Morgan fingerprint density at radius 2 is 2.11 bits per heavy atom. The summed E-state index contributed by atoms with van der Waals surface area (Å²) in [5, 5.41) is 11.6. The molecule has 0 aliphatic heterocycles. The lowest BCUT2D eigenvalue weighted by atomic mass is 9.80. The van der Waals surface area contributed by atoms with E-state index in [0.29, 0.717) is 28.6 Å². The molecule has 0 unspecified atom stereocenters. The molecule has 1 aliphatic rings. The van der Waals surface area contributed by atoms with Crippen molar-refractivity contribution in [1.29, 1.82) is 0 Å². The average molecular weight is 328 g/mol. The highest BCUT2D eigenvalue weighted by molar-refractivity contribution is 9.10. The first-order chi connectivity index (χ1) is 9.01. The molecule has 0 atom stereocenters. The fourth-order valence-corrected chi connectivity index (χ4v) is 2.55. The second kappa shape index (κ2) is 5.61. The number of aliphatic carboxylic acids is 1. The molecule has 0 bridgehead atoms. The van der Waals surface area contributed by atoms with Crippen LogP contribution in [0.15, 0.2) is 22.7 Å². The summed E-state index contributed by atoms with van der Waals surface area (Å²) in [5.74, 6) is -0.658. The standard InChI is InChI=1S/C13H14BrNO4/c1-19-11-3-2-7(6-10(11)14)12(16)15-9-4-8(5-9)13(17)18/h2-3,6,8-9H,4-5H2,1H3,(H,15,16)(H,17,18). The van der Waals surface area contributed by atoms with Gasteiger partial charge in [-0.05, 0) is 47.0 Å². The molecule has 0 aromatic heterocycles. The van der Waals surface area contributed by atoms with Gasteiger partial charge in [0.1, 0.15) is 5.75 Å². The fraction of sp³-hybridized carbons (Fsp3) is 0.385. The Kier molecular flexibility index (Phi) is 4.09. The second-order valence-corrected chi connectivity index (χ2v) is 5.38. The van der Waals surface area contributed by atoms with Crippen molar-refractivity contribution in [3.05, 3.63) is 28.2 Å². The van der Waals surface area contributed by atoms with E-state index < -0.39 is 5.97 Å². The lowest BCUT2D eigenvalue weighted by Crippen LogP contribution is -2.46. The molecular weight excluding hydrogens is 314 g/mol. The Morgan fingerprint density at radius 3 is 2.63 bits per heavy atom. The van der Waals surface area contributed by atoms with Crippen LogP contribution in [0.2, 0.25) is 0 Å². The van der Waals surface area contributed by atoms with E-state index in [-0.39, 0.29) is 17.9 Å². The number of methoxy groups -OCH3 is 1. The summed E-state index contributed by atoms with van der Waals surface area (Å²) in [6.07, 6.45) is 0.997. The van der Waals surface area contributed by atoms with Crippen LogP contribution in [-0.2, 0) is 4.79 Å². The molecule has 0 spiro atoms. The van der Waals surface area contributed by atoms with Crippen molar-refractivity contribution in [2.75, 3.05) is 7.11 Å². The average Bonchev–Trinajstić information content (AvgIpc) is 2.32. The Bertz CT molecular complexity index is 511. The van der Waals surface area contributed by atoms with Crippen LogP contribution in [0.3, 0.4) is 0 Å². The van der Waals surface area contributed by atoms with E-state index in [9.17, 15) is 9.59 Å². The third kappa shape index (κ3) is 3.07. The topological polar surface area (TPSA) is 75.6 Å². The lowest BCUT2D eigenvalue weighted by molar-refractivity contribution is -0.145. The third-order valence-electron chi connectivity index (χ3n) is 3.24. The van der Waals surface area contributed by atoms with Crippen molar-refractivity contribution < 1.29 is 19.4 Å². The largest absolute Gasteiger partial charge is 0.496 e. The number of nitrogens with one attached hydrogen (secondary N) is 1.